The molecular weight excluding hydrogens is 1000 g/mol. The number of allylic oxidation sites excluding steroid dienone is 10. The van der Waals surface area contributed by atoms with Crippen molar-refractivity contribution in [3.8, 4) is 0 Å². The van der Waals surface area contributed by atoms with Gasteiger partial charge in [0.15, 0.2) is 6.10 Å². The standard InChI is InChI=1S/C69H128NO8P/c1-3-5-7-9-11-13-15-17-19-21-23-24-25-26-27-28-29-30-31-32-33-34-35-36-37-38-39-40-41-42-44-45-47-49-51-53-55-57-59-61-68(71)75-65-67(66-77-79(73,74)76-64-63-70)78-69(72)62-60-58-56-54-52-50-48-46-43-22-20-18-16-14-12-10-8-6-4-2/h12,14-15,17-18,20-21,23,43,46,67H,3-11,13,16,19,22,24-42,44-45,47-66,70H2,1-2H3,(H,73,74)/b14-12-,17-15-,20-18-,23-21-,46-43-. The average molecular weight is 1130 g/mol. The molecule has 0 aliphatic rings. The van der Waals surface area contributed by atoms with Crippen molar-refractivity contribution in [2.75, 3.05) is 26.4 Å². The second-order valence-electron chi connectivity index (χ2n) is 22.7. The van der Waals surface area contributed by atoms with Crippen LogP contribution in [0.3, 0.4) is 0 Å². The first-order valence-corrected chi connectivity index (χ1v) is 35.3. The van der Waals surface area contributed by atoms with Crippen LogP contribution in [-0.4, -0.2) is 49.3 Å². The average Bonchev–Trinajstić information content (AvgIpc) is 3.44. The van der Waals surface area contributed by atoms with Crippen molar-refractivity contribution in [1.29, 1.82) is 0 Å². The largest absolute Gasteiger partial charge is 0.472 e. The first-order valence-electron chi connectivity index (χ1n) is 33.8. The molecule has 79 heavy (non-hydrogen) atoms. The van der Waals surface area contributed by atoms with E-state index in [2.05, 4.69) is 74.6 Å². The number of hydrogen-bond donors (Lipinski definition) is 2. The van der Waals surface area contributed by atoms with Gasteiger partial charge in [0, 0.05) is 19.4 Å². The van der Waals surface area contributed by atoms with Gasteiger partial charge < -0.3 is 20.1 Å². The molecule has 0 fully saturated rings. The Morgan fingerprint density at radius 2 is 0.658 bits per heavy atom. The molecule has 10 heteroatoms. The summed E-state index contributed by atoms with van der Waals surface area (Å²) in [7, 11) is -4.39. The molecule has 0 saturated heterocycles. The Bertz CT molecular complexity index is 1480. The monoisotopic (exact) mass is 1130 g/mol. The van der Waals surface area contributed by atoms with Gasteiger partial charge in [0.25, 0.3) is 0 Å². The molecule has 462 valence electrons. The van der Waals surface area contributed by atoms with Crippen molar-refractivity contribution in [1.82, 2.24) is 0 Å². The highest BCUT2D eigenvalue weighted by atomic mass is 31.2. The van der Waals surface area contributed by atoms with Crippen LogP contribution in [0.2, 0.25) is 0 Å². The molecule has 0 aromatic rings. The maximum atomic E-state index is 12.7. The lowest BCUT2D eigenvalue weighted by Gasteiger charge is -2.19. The van der Waals surface area contributed by atoms with Crippen molar-refractivity contribution in [2.45, 2.75) is 341 Å². The highest BCUT2D eigenvalue weighted by Gasteiger charge is 2.26. The van der Waals surface area contributed by atoms with Crippen molar-refractivity contribution in [2.24, 2.45) is 5.73 Å². The molecular formula is C69H128NO8P. The summed E-state index contributed by atoms with van der Waals surface area (Å²) < 4.78 is 33.1. The lowest BCUT2D eigenvalue weighted by molar-refractivity contribution is -0.161. The van der Waals surface area contributed by atoms with Crippen LogP contribution in [0.1, 0.15) is 335 Å². The summed E-state index contributed by atoms with van der Waals surface area (Å²) in [6.45, 7) is 3.73. The molecule has 0 aromatic carbocycles. The predicted octanol–water partition coefficient (Wildman–Crippen LogP) is 21.9. The molecule has 2 unspecified atom stereocenters. The minimum Gasteiger partial charge on any atom is -0.462 e. The number of carbonyl (C=O) groups is 2. The quantitative estimate of drug-likeness (QED) is 0.0264. The fraction of sp³-hybridized carbons (Fsp3) is 0.826. The van der Waals surface area contributed by atoms with Crippen LogP contribution in [0.25, 0.3) is 0 Å². The fourth-order valence-corrected chi connectivity index (χ4v) is 10.6. The van der Waals surface area contributed by atoms with Gasteiger partial charge in [-0.25, -0.2) is 4.57 Å². The number of phosphoric ester groups is 1. The number of carbonyl (C=O) groups excluding carboxylic acids is 2. The van der Waals surface area contributed by atoms with Gasteiger partial charge in [-0.2, -0.15) is 0 Å². The van der Waals surface area contributed by atoms with Crippen LogP contribution >= 0.6 is 7.82 Å². The second-order valence-corrected chi connectivity index (χ2v) is 24.1. The normalized spacial score (nSPS) is 13.3. The zero-order chi connectivity index (χ0) is 57.3. The molecule has 0 saturated carbocycles. The molecule has 2 atom stereocenters. The molecule has 0 heterocycles. The first kappa shape index (κ1) is 76.7. The Morgan fingerprint density at radius 1 is 0.380 bits per heavy atom. The Labute approximate surface area is 489 Å². The zero-order valence-electron chi connectivity index (χ0n) is 51.9. The van der Waals surface area contributed by atoms with Gasteiger partial charge in [-0.3, -0.25) is 18.6 Å². The third kappa shape index (κ3) is 64.7. The highest BCUT2D eigenvalue weighted by molar-refractivity contribution is 7.47. The first-order chi connectivity index (χ1) is 38.8. The van der Waals surface area contributed by atoms with Gasteiger partial charge in [0.1, 0.15) is 6.61 Å². The van der Waals surface area contributed by atoms with Crippen LogP contribution in [-0.2, 0) is 32.7 Å². The van der Waals surface area contributed by atoms with Gasteiger partial charge in [0.2, 0.25) is 0 Å². The third-order valence-corrected chi connectivity index (χ3v) is 15.9. The molecule has 9 nitrogen and oxygen atoms in total. The topological polar surface area (TPSA) is 134 Å². The summed E-state index contributed by atoms with van der Waals surface area (Å²) in [6.07, 6.45) is 83.3. The smallest absolute Gasteiger partial charge is 0.462 e. The minimum atomic E-state index is -4.39. The summed E-state index contributed by atoms with van der Waals surface area (Å²) in [4.78, 5) is 35.2. The second kappa shape index (κ2) is 64.9. The van der Waals surface area contributed by atoms with E-state index in [1.807, 2.05) is 0 Å². The zero-order valence-corrected chi connectivity index (χ0v) is 52.8. The van der Waals surface area contributed by atoms with Crippen LogP contribution in [0.5, 0.6) is 0 Å². The van der Waals surface area contributed by atoms with E-state index in [1.54, 1.807) is 0 Å². The molecule has 0 aliphatic heterocycles. The number of rotatable bonds is 64. The number of phosphoric acid groups is 1. The van der Waals surface area contributed by atoms with Gasteiger partial charge >= 0.3 is 19.8 Å². The van der Waals surface area contributed by atoms with Crippen LogP contribution in [0.15, 0.2) is 60.8 Å². The number of unbranched alkanes of at least 4 members (excludes halogenated alkanes) is 41. The number of nitrogens with two attached hydrogens (primary N) is 1. The van der Waals surface area contributed by atoms with Crippen molar-refractivity contribution < 1.29 is 37.6 Å². The van der Waals surface area contributed by atoms with Crippen LogP contribution < -0.4 is 5.73 Å². The van der Waals surface area contributed by atoms with Crippen molar-refractivity contribution >= 4 is 19.8 Å². The molecule has 0 bridgehead atoms. The summed E-state index contributed by atoms with van der Waals surface area (Å²) >= 11 is 0. The molecule has 0 radical (unpaired) electrons. The minimum absolute atomic E-state index is 0.0508. The van der Waals surface area contributed by atoms with Crippen molar-refractivity contribution in [3.63, 3.8) is 0 Å². The van der Waals surface area contributed by atoms with Gasteiger partial charge in [-0.05, 0) is 83.5 Å². The molecule has 0 spiro atoms. The SMILES string of the molecule is CCCCC/C=C\C/C=C\C/C=C\CCCCCCCCC(=O)OC(COC(=O)CCCCCCCCCCCCCCCCCCCCCCCCCCCCC/C=C\C/C=C\CCCCCCC)COP(=O)(O)OCCN. The molecule has 0 amide bonds. The molecule has 0 aliphatic carbocycles. The maximum Gasteiger partial charge on any atom is 0.472 e. The van der Waals surface area contributed by atoms with E-state index in [9.17, 15) is 19.0 Å². The maximum absolute atomic E-state index is 12.7. The summed E-state index contributed by atoms with van der Waals surface area (Å²) in [5, 5.41) is 0. The highest BCUT2D eigenvalue weighted by Crippen LogP contribution is 2.43. The van der Waals surface area contributed by atoms with E-state index in [0.717, 1.165) is 77.0 Å². The number of hydrogen-bond acceptors (Lipinski definition) is 8. The molecule has 0 aromatic heterocycles. The Morgan fingerprint density at radius 3 is 1.00 bits per heavy atom. The van der Waals surface area contributed by atoms with E-state index >= 15 is 0 Å². The number of esters is 2. The van der Waals surface area contributed by atoms with E-state index in [-0.39, 0.29) is 38.6 Å². The van der Waals surface area contributed by atoms with Gasteiger partial charge in [-0.15, -0.1) is 0 Å². The summed E-state index contributed by atoms with van der Waals surface area (Å²) in [6, 6.07) is 0. The van der Waals surface area contributed by atoms with Gasteiger partial charge in [-0.1, -0.05) is 299 Å². The number of ether oxygens (including phenoxy) is 2. The lowest BCUT2D eigenvalue weighted by atomic mass is 10.0. The molecule has 0 rings (SSSR count). The summed E-state index contributed by atoms with van der Waals surface area (Å²) in [5.41, 5.74) is 5.39. The third-order valence-electron chi connectivity index (χ3n) is 14.9. The van der Waals surface area contributed by atoms with E-state index in [0.29, 0.717) is 6.42 Å². The van der Waals surface area contributed by atoms with Crippen molar-refractivity contribution in [3.05, 3.63) is 60.8 Å². The molecule has 3 N–H and O–H groups in total. The fourth-order valence-electron chi connectivity index (χ4n) is 9.85. The summed E-state index contributed by atoms with van der Waals surface area (Å²) in [5.74, 6) is -0.830. The van der Waals surface area contributed by atoms with Crippen LogP contribution in [0.4, 0.5) is 0 Å². The van der Waals surface area contributed by atoms with E-state index < -0.39 is 26.5 Å². The van der Waals surface area contributed by atoms with E-state index in [1.165, 1.54) is 225 Å². The Kier molecular flexibility index (Phi) is 63.0. The van der Waals surface area contributed by atoms with Crippen LogP contribution in [0, 0.1) is 0 Å². The predicted molar refractivity (Wildman–Crippen MR) is 340 cm³/mol. The lowest BCUT2D eigenvalue weighted by Crippen LogP contribution is -2.29. The van der Waals surface area contributed by atoms with E-state index in [4.69, 9.17) is 24.3 Å². The Hall–Kier alpha value is -2.29. The van der Waals surface area contributed by atoms with Gasteiger partial charge in [0.05, 0.1) is 13.2 Å². The Balaban J connectivity index is 3.77.